The van der Waals surface area contributed by atoms with E-state index in [0.717, 1.165) is 11.1 Å². The van der Waals surface area contributed by atoms with Crippen molar-refractivity contribution in [3.63, 3.8) is 0 Å². The molecule has 4 aromatic rings. The molecule has 0 radical (unpaired) electrons. The van der Waals surface area contributed by atoms with Crippen LogP contribution in [0.15, 0.2) is 67.1 Å². The Hall–Kier alpha value is -3.28. The number of imidazole rings is 1. The highest BCUT2D eigenvalue weighted by Gasteiger charge is 2.30. The van der Waals surface area contributed by atoms with Crippen molar-refractivity contribution in [2.75, 3.05) is 0 Å². The zero-order valence-corrected chi connectivity index (χ0v) is 15.6. The van der Waals surface area contributed by atoms with E-state index < -0.39 is 5.60 Å². The summed E-state index contributed by atoms with van der Waals surface area (Å²) in [6, 6.07) is 12.3. The predicted molar refractivity (Wildman–Crippen MR) is 103 cm³/mol. The third-order valence-corrected chi connectivity index (χ3v) is 4.84. The molecule has 2 aromatic heterocycles. The lowest BCUT2D eigenvalue weighted by Crippen LogP contribution is -2.29. The van der Waals surface area contributed by atoms with Crippen LogP contribution in [0.25, 0.3) is 16.9 Å². The van der Waals surface area contributed by atoms with Crippen molar-refractivity contribution >= 4 is 5.78 Å². The van der Waals surface area contributed by atoms with E-state index in [4.69, 9.17) is 4.74 Å². The van der Waals surface area contributed by atoms with E-state index in [1.54, 1.807) is 30.5 Å². The SMILES string of the molecule is CCC(C)(Oc1cccc(F)c1)c1cn2cc(-c3ccc(F)cc3)cnc2n1. The first kappa shape index (κ1) is 18.1. The van der Waals surface area contributed by atoms with Gasteiger partial charge in [-0.15, -0.1) is 0 Å². The molecule has 0 saturated heterocycles. The summed E-state index contributed by atoms with van der Waals surface area (Å²) in [7, 11) is 0. The Balaban J connectivity index is 1.70. The number of aromatic nitrogens is 3. The molecule has 4 nitrogen and oxygen atoms in total. The molecule has 0 amide bonds. The average molecular weight is 379 g/mol. The fourth-order valence-corrected chi connectivity index (χ4v) is 3.03. The monoisotopic (exact) mass is 379 g/mol. The Morgan fingerprint density at radius 1 is 1.00 bits per heavy atom. The van der Waals surface area contributed by atoms with E-state index in [9.17, 15) is 8.78 Å². The highest BCUT2D eigenvalue weighted by molar-refractivity contribution is 5.62. The van der Waals surface area contributed by atoms with Gasteiger partial charge in [-0.25, -0.2) is 18.7 Å². The molecule has 142 valence electrons. The Labute approximate surface area is 161 Å². The van der Waals surface area contributed by atoms with Gasteiger partial charge in [0.25, 0.3) is 0 Å². The predicted octanol–water partition coefficient (Wildman–Crippen LogP) is 5.38. The number of hydrogen-bond acceptors (Lipinski definition) is 3. The summed E-state index contributed by atoms with van der Waals surface area (Å²) >= 11 is 0. The van der Waals surface area contributed by atoms with E-state index in [1.165, 1.54) is 24.3 Å². The summed E-state index contributed by atoms with van der Waals surface area (Å²) < 4.78 is 34.6. The minimum atomic E-state index is -0.739. The third kappa shape index (κ3) is 3.45. The normalized spacial score (nSPS) is 13.4. The zero-order valence-electron chi connectivity index (χ0n) is 15.6. The van der Waals surface area contributed by atoms with Crippen LogP contribution >= 0.6 is 0 Å². The Morgan fingerprint density at radius 2 is 1.79 bits per heavy atom. The number of halogens is 2. The fraction of sp³-hybridized carbons (Fsp3) is 0.182. The van der Waals surface area contributed by atoms with Crippen molar-refractivity contribution in [2.24, 2.45) is 0 Å². The molecule has 0 fully saturated rings. The average Bonchev–Trinajstić information content (AvgIpc) is 3.12. The van der Waals surface area contributed by atoms with Crippen LogP contribution in [0.5, 0.6) is 5.75 Å². The molecule has 4 rings (SSSR count). The van der Waals surface area contributed by atoms with Crippen molar-refractivity contribution in [1.82, 2.24) is 14.4 Å². The molecular formula is C22H19F2N3O. The first-order valence-corrected chi connectivity index (χ1v) is 9.02. The van der Waals surface area contributed by atoms with Gasteiger partial charge in [-0.05, 0) is 43.2 Å². The van der Waals surface area contributed by atoms with Crippen molar-refractivity contribution in [3.05, 3.63) is 84.4 Å². The van der Waals surface area contributed by atoms with E-state index in [2.05, 4.69) is 9.97 Å². The molecule has 0 aliphatic carbocycles. The maximum absolute atomic E-state index is 13.5. The summed E-state index contributed by atoms with van der Waals surface area (Å²) in [4.78, 5) is 9.01. The van der Waals surface area contributed by atoms with Crippen LogP contribution in [0.1, 0.15) is 26.0 Å². The summed E-state index contributed by atoms with van der Waals surface area (Å²) in [5.74, 6) is 0.345. The van der Waals surface area contributed by atoms with Crippen LogP contribution in [-0.2, 0) is 5.60 Å². The molecule has 0 N–H and O–H groups in total. The summed E-state index contributed by atoms with van der Waals surface area (Å²) in [6.07, 6.45) is 6.09. The highest BCUT2D eigenvalue weighted by Crippen LogP contribution is 2.31. The van der Waals surface area contributed by atoms with Crippen LogP contribution in [-0.4, -0.2) is 14.4 Å². The summed E-state index contributed by atoms with van der Waals surface area (Å²) in [5, 5.41) is 0. The summed E-state index contributed by atoms with van der Waals surface area (Å²) in [5.41, 5.74) is 1.67. The van der Waals surface area contributed by atoms with Gasteiger partial charge in [-0.1, -0.05) is 25.1 Å². The van der Waals surface area contributed by atoms with Gasteiger partial charge < -0.3 is 4.74 Å². The molecule has 0 spiro atoms. The zero-order chi connectivity index (χ0) is 19.7. The van der Waals surface area contributed by atoms with E-state index in [-0.39, 0.29) is 11.6 Å². The molecule has 28 heavy (non-hydrogen) atoms. The molecule has 2 heterocycles. The number of rotatable bonds is 5. The third-order valence-electron chi connectivity index (χ3n) is 4.84. The minimum absolute atomic E-state index is 0.282. The second-order valence-electron chi connectivity index (χ2n) is 6.83. The molecule has 0 saturated carbocycles. The van der Waals surface area contributed by atoms with Gasteiger partial charge in [-0.2, -0.15) is 0 Å². The smallest absolute Gasteiger partial charge is 0.234 e. The molecule has 2 aromatic carbocycles. The first-order chi connectivity index (χ1) is 13.5. The standard InChI is InChI=1S/C22H19F2N3O/c1-3-22(2,28-19-6-4-5-18(24)11-19)20-14-27-13-16(12-25-21(27)26-20)15-7-9-17(23)10-8-15/h4-14H,3H2,1-2H3. The topological polar surface area (TPSA) is 39.4 Å². The summed E-state index contributed by atoms with van der Waals surface area (Å²) in [6.45, 7) is 3.90. The molecular weight excluding hydrogens is 360 g/mol. The van der Waals surface area contributed by atoms with Crippen LogP contribution in [0.4, 0.5) is 8.78 Å². The van der Waals surface area contributed by atoms with Crippen molar-refractivity contribution in [3.8, 4) is 16.9 Å². The molecule has 0 aliphatic heterocycles. The van der Waals surface area contributed by atoms with Crippen LogP contribution in [0, 0.1) is 11.6 Å². The van der Waals surface area contributed by atoms with Gasteiger partial charge in [0.15, 0.2) is 0 Å². The maximum atomic E-state index is 13.5. The number of hydrogen-bond donors (Lipinski definition) is 0. The molecule has 1 atom stereocenters. The van der Waals surface area contributed by atoms with Crippen LogP contribution < -0.4 is 4.74 Å². The van der Waals surface area contributed by atoms with Crippen molar-refractivity contribution < 1.29 is 13.5 Å². The number of benzene rings is 2. The highest BCUT2D eigenvalue weighted by atomic mass is 19.1. The van der Waals surface area contributed by atoms with Crippen molar-refractivity contribution in [1.29, 1.82) is 0 Å². The van der Waals surface area contributed by atoms with Crippen LogP contribution in [0.3, 0.4) is 0 Å². The van der Waals surface area contributed by atoms with Gasteiger partial charge in [-0.3, -0.25) is 4.40 Å². The van der Waals surface area contributed by atoms with Gasteiger partial charge in [0.1, 0.15) is 28.7 Å². The van der Waals surface area contributed by atoms with Crippen LogP contribution in [0.2, 0.25) is 0 Å². The van der Waals surface area contributed by atoms with E-state index in [0.29, 0.717) is 23.6 Å². The lowest BCUT2D eigenvalue weighted by molar-refractivity contribution is 0.0780. The van der Waals surface area contributed by atoms with Gasteiger partial charge in [0, 0.05) is 30.2 Å². The van der Waals surface area contributed by atoms with E-state index in [1.807, 2.05) is 30.6 Å². The van der Waals surface area contributed by atoms with Crippen molar-refractivity contribution in [2.45, 2.75) is 25.9 Å². The van der Waals surface area contributed by atoms with Gasteiger partial charge in [0.05, 0.1) is 0 Å². The maximum Gasteiger partial charge on any atom is 0.234 e. The fourth-order valence-electron chi connectivity index (χ4n) is 3.03. The minimum Gasteiger partial charge on any atom is -0.481 e. The Morgan fingerprint density at radius 3 is 2.50 bits per heavy atom. The molecule has 1 unspecified atom stereocenters. The van der Waals surface area contributed by atoms with E-state index >= 15 is 0 Å². The van der Waals surface area contributed by atoms with Gasteiger partial charge >= 0.3 is 0 Å². The number of fused-ring (bicyclic) bond motifs is 1. The lowest BCUT2D eigenvalue weighted by atomic mass is 9.99. The molecule has 0 aliphatic rings. The second kappa shape index (κ2) is 7.03. The largest absolute Gasteiger partial charge is 0.481 e. The van der Waals surface area contributed by atoms with Gasteiger partial charge in [0.2, 0.25) is 5.78 Å². The second-order valence-corrected chi connectivity index (χ2v) is 6.83. The number of nitrogens with zero attached hydrogens (tertiary/aromatic N) is 3. The molecule has 0 bridgehead atoms. The Bertz CT molecular complexity index is 1120. The lowest BCUT2D eigenvalue weighted by Gasteiger charge is -2.27. The Kier molecular flexibility index (Phi) is 4.55. The quantitative estimate of drug-likeness (QED) is 0.467. The first-order valence-electron chi connectivity index (χ1n) is 9.02. The molecule has 6 heteroatoms. The number of ether oxygens (including phenoxy) is 1.